The Kier molecular flexibility index (Phi) is 6.20. The molecule has 0 atom stereocenters. The van der Waals surface area contributed by atoms with E-state index < -0.39 is 11.8 Å². The van der Waals surface area contributed by atoms with Gasteiger partial charge in [-0.25, -0.2) is 4.90 Å². The minimum Gasteiger partial charge on any atom is -0.495 e. The molecule has 3 rings (SSSR count). The number of thiocarbonyl (C=S) groups is 1. The molecule has 8 heteroatoms. The molecular weight excluding hydrogens is 412 g/mol. The van der Waals surface area contributed by atoms with Gasteiger partial charge in [-0.3, -0.25) is 14.9 Å². The number of methoxy groups -OCH3 is 1. The average molecular weight is 431 g/mol. The van der Waals surface area contributed by atoms with E-state index in [1.165, 1.54) is 18.1 Å². The van der Waals surface area contributed by atoms with Gasteiger partial charge in [-0.05, 0) is 62.0 Å². The van der Waals surface area contributed by atoms with Crippen molar-refractivity contribution in [1.82, 2.24) is 5.32 Å². The number of rotatable bonds is 5. The van der Waals surface area contributed by atoms with Crippen LogP contribution in [0, 0.1) is 0 Å². The molecule has 2 amide bonds. The zero-order valence-corrected chi connectivity index (χ0v) is 17.6. The second-order valence-corrected chi connectivity index (χ2v) is 7.28. The number of anilines is 1. The number of ether oxygens (including phenoxy) is 2. The summed E-state index contributed by atoms with van der Waals surface area (Å²) in [5, 5.41) is 2.92. The van der Waals surface area contributed by atoms with Gasteiger partial charge >= 0.3 is 0 Å². The molecule has 1 fully saturated rings. The van der Waals surface area contributed by atoms with E-state index in [0.717, 1.165) is 0 Å². The van der Waals surface area contributed by atoms with Crippen LogP contribution in [0.25, 0.3) is 6.08 Å². The number of carbonyl (C=O) groups is 2. The largest absolute Gasteiger partial charge is 0.495 e. The lowest BCUT2D eigenvalue weighted by Gasteiger charge is -2.29. The third-order valence-electron chi connectivity index (χ3n) is 4.06. The fourth-order valence-corrected chi connectivity index (χ4v) is 3.32. The van der Waals surface area contributed by atoms with Gasteiger partial charge in [0.15, 0.2) is 5.11 Å². The maximum Gasteiger partial charge on any atom is 0.270 e. The van der Waals surface area contributed by atoms with Crippen molar-refractivity contribution in [2.75, 3.05) is 12.0 Å². The summed E-state index contributed by atoms with van der Waals surface area (Å²) in [6.45, 7) is 3.79. The van der Waals surface area contributed by atoms with Crippen molar-refractivity contribution in [2.45, 2.75) is 20.0 Å². The highest BCUT2D eigenvalue weighted by Gasteiger charge is 2.35. The van der Waals surface area contributed by atoms with Crippen LogP contribution in [-0.2, 0) is 9.59 Å². The van der Waals surface area contributed by atoms with Crippen LogP contribution in [0.15, 0.2) is 48.0 Å². The van der Waals surface area contributed by atoms with E-state index in [-0.39, 0.29) is 16.8 Å². The number of halogens is 1. The summed E-state index contributed by atoms with van der Waals surface area (Å²) in [6, 6.07) is 12.0. The number of para-hydroxylation sites is 2. The normalized spacial score (nSPS) is 15.7. The summed E-state index contributed by atoms with van der Waals surface area (Å²) in [4.78, 5) is 26.8. The predicted octanol–water partition coefficient (Wildman–Crippen LogP) is 3.97. The van der Waals surface area contributed by atoms with E-state index in [9.17, 15) is 9.59 Å². The van der Waals surface area contributed by atoms with Crippen molar-refractivity contribution in [3.63, 3.8) is 0 Å². The maximum atomic E-state index is 13.1. The predicted molar refractivity (Wildman–Crippen MR) is 116 cm³/mol. The molecule has 6 nitrogen and oxygen atoms in total. The summed E-state index contributed by atoms with van der Waals surface area (Å²) < 4.78 is 10.9. The minimum atomic E-state index is -0.579. The van der Waals surface area contributed by atoms with Crippen LogP contribution in [0.2, 0.25) is 5.02 Å². The Morgan fingerprint density at radius 2 is 1.86 bits per heavy atom. The molecule has 0 aromatic heterocycles. The van der Waals surface area contributed by atoms with Gasteiger partial charge in [0.05, 0.1) is 23.9 Å². The Balaban J connectivity index is 1.98. The van der Waals surface area contributed by atoms with Crippen molar-refractivity contribution in [3.8, 4) is 11.5 Å². The first-order valence-corrected chi connectivity index (χ1v) is 9.61. The fourth-order valence-electron chi connectivity index (χ4n) is 2.81. The van der Waals surface area contributed by atoms with Gasteiger partial charge in [0.25, 0.3) is 11.8 Å². The first-order valence-electron chi connectivity index (χ1n) is 8.82. The van der Waals surface area contributed by atoms with Gasteiger partial charge in [-0.2, -0.15) is 0 Å². The van der Waals surface area contributed by atoms with E-state index in [1.807, 2.05) is 13.8 Å². The summed E-state index contributed by atoms with van der Waals surface area (Å²) in [5.74, 6) is -0.149. The van der Waals surface area contributed by atoms with Crippen LogP contribution in [0.4, 0.5) is 5.69 Å². The van der Waals surface area contributed by atoms with Crippen LogP contribution in [0.3, 0.4) is 0 Å². The van der Waals surface area contributed by atoms with Crippen LogP contribution in [0.1, 0.15) is 19.4 Å². The molecule has 29 heavy (non-hydrogen) atoms. The Bertz CT molecular complexity index is 1020. The molecule has 1 N–H and O–H groups in total. The second-order valence-electron chi connectivity index (χ2n) is 6.49. The third kappa shape index (κ3) is 4.41. The Hall–Kier alpha value is -2.90. The lowest BCUT2D eigenvalue weighted by atomic mass is 10.1. The smallest absolute Gasteiger partial charge is 0.270 e. The van der Waals surface area contributed by atoms with Crippen LogP contribution >= 0.6 is 23.8 Å². The first kappa shape index (κ1) is 20.8. The fraction of sp³-hybridized carbons (Fsp3) is 0.190. The molecule has 0 radical (unpaired) electrons. The zero-order valence-electron chi connectivity index (χ0n) is 16.1. The Morgan fingerprint density at radius 3 is 2.52 bits per heavy atom. The second kappa shape index (κ2) is 8.63. The summed E-state index contributed by atoms with van der Waals surface area (Å²) in [5.41, 5.74) is 0.949. The van der Waals surface area contributed by atoms with E-state index in [1.54, 1.807) is 42.5 Å². The lowest BCUT2D eigenvalue weighted by Crippen LogP contribution is -2.54. The maximum absolute atomic E-state index is 13.1. The molecule has 0 unspecified atom stereocenters. The number of benzene rings is 2. The molecule has 0 bridgehead atoms. The number of hydrogen-bond donors (Lipinski definition) is 1. The molecule has 1 heterocycles. The Morgan fingerprint density at radius 1 is 1.14 bits per heavy atom. The molecule has 1 aliphatic heterocycles. The third-order valence-corrected chi connectivity index (χ3v) is 4.64. The molecule has 2 aromatic carbocycles. The standard InChI is InChI=1S/C21H19ClN2O4S/c1-12(2)28-17-9-8-13(11-15(17)22)10-14-19(25)23-21(29)24(20(14)26)16-6-4-5-7-18(16)27-3/h4-12H,1-3H3,(H,23,25,29)/b14-10+. The van der Waals surface area contributed by atoms with Gasteiger partial charge in [0.2, 0.25) is 0 Å². The lowest BCUT2D eigenvalue weighted by molar-refractivity contribution is -0.122. The molecule has 0 saturated carbocycles. The summed E-state index contributed by atoms with van der Waals surface area (Å²) in [6.07, 6.45) is 1.44. The van der Waals surface area contributed by atoms with Crippen LogP contribution in [-0.4, -0.2) is 30.1 Å². The van der Waals surface area contributed by atoms with Gasteiger partial charge in [0, 0.05) is 0 Å². The van der Waals surface area contributed by atoms with Gasteiger partial charge in [-0.1, -0.05) is 29.8 Å². The monoisotopic (exact) mass is 430 g/mol. The highest BCUT2D eigenvalue weighted by molar-refractivity contribution is 7.80. The number of hydrogen-bond acceptors (Lipinski definition) is 5. The number of nitrogens with one attached hydrogen (secondary N) is 1. The molecule has 0 spiro atoms. The van der Waals surface area contributed by atoms with Gasteiger partial charge in [-0.15, -0.1) is 0 Å². The molecular formula is C21H19ClN2O4S. The van der Waals surface area contributed by atoms with Crippen molar-refractivity contribution in [1.29, 1.82) is 0 Å². The number of nitrogens with zero attached hydrogens (tertiary/aromatic N) is 1. The quantitative estimate of drug-likeness (QED) is 0.441. The average Bonchev–Trinajstić information content (AvgIpc) is 2.67. The molecule has 150 valence electrons. The molecule has 1 saturated heterocycles. The van der Waals surface area contributed by atoms with Crippen molar-refractivity contribution in [2.24, 2.45) is 0 Å². The van der Waals surface area contributed by atoms with Crippen molar-refractivity contribution >= 4 is 52.5 Å². The van der Waals surface area contributed by atoms with Crippen LogP contribution in [0.5, 0.6) is 11.5 Å². The zero-order chi connectivity index (χ0) is 21.1. The van der Waals surface area contributed by atoms with E-state index in [0.29, 0.717) is 27.8 Å². The molecule has 0 aliphatic carbocycles. The van der Waals surface area contributed by atoms with E-state index >= 15 is 0 Å². The van der Waals surface area contributed by atoms with Gasteiger partial charge < -0.3 is 9.47 Å². The van der Waals surface area contributed by atoms with Gasteiger partial charge in [0.1, 0.15) is 17.1 Å². The summed E-state index contributed by atoms with van der Waals surface area (Å²) >= 11 is 11.5. The first-order chi connectivity index (χ1) is 13.8. The minimum absolute atomic E-state index is 0.0136. The topological polar surface area (TPSA) is 67.9 Å². The highest BCUT2D eigenvalue weighted by Crippen LogP contribution is 2.32. The van der Waals surface area contributed by atoms with Crippen molar-refractivity contribution in [3.05, 3.63) is 58.6 Å². The highest BCUT2D eigenvalue weighted by atomic mass is 35.5. The van der Waals surface area contributed by atoms with Crippen LogP contribution < -0.4 is 19.7 Å². The van der Waals surface area contributed by atoms with Crippen molar-refractivity contribution < 1.29 is 19.1 Å². The van der Waals surface area contributed by atoms with E-state index in [2.05, 4.69) is 5.32 Å². The Labute approximate surface area is 179 Å². The van der Waals surface area contributed by atoms with E-state index in [4.69, 9.17) is 33.3 Å². The number of amides is 2. The molecule has 1 aliphatic rings. The number of carbonyl (C=O) groups excluding carboxylic acids is 2. The SMILES string of the molecule is COc1ccccc1N1C(=O)/C(=C/c2ccc(OC(C)C)c(Cl)c2)C(=O)NC1=S. The molecule has 2 aromatic rings. The summed E-state index contributed by atoms with van der Waals surface area (Å²) in [7, 11) is 1.49.